The van der Waals surface area contributed by atoms with Crippen molar-refractivity contribution in [3.05, 3.63) is 30.1 Å². The molecule has 0 heterocycles. The smallest absolute Gasteiger partial charge is 0.178 e. The number of hydrogen-bond donors (Lipinski definition) is 0. The Kier molecular flexibility index (Phi) is 4.44. The number of rotatable bonds is 5. The predicted molar refractivity (Wildman–Crippen MR) is 57.9 cm³/mol. The quantitative estimate of drug-likeness (QED) is 0.743. The fraction of sp³-hybridized carbons (Fsp3) is 0.364. The first-order valence-electron chi connectivity index (χ1n) is 4.91. The van der Waals surface area contributed by atoms with Crippen LogP contribution in [0.1, 0.15) is 19.3 Å². The first-order valence-corrected chi connectivity index (χ1v) is 6.57. The summed E-state index contributed by atoms with van der Waals surface area (Å²) in [5.41, 5.74) is 0. The second kappa shape index (κ2) is 5.61. The molecule has 0 aliphatic rings. The number of unbranched alkanes of at least 4 members (excludes halogenated alkanes) is 2. The van der Waals surface area contributed by atoms with E-state index in [9.17, 15) is 12.8 Å². The van der Waals surface area contributed by atoms with Crippen LogP contribution in [0.3, 0.4) is 0 Å². The van der Waals surface area contributed by atoms with E-state index in [0.717, 1.165) is 6.07 Å². The van der Waals surface area contributed by atoms with Crippen molar-refractivity contribution in [1.29, 1.82) is 5.26 Å². The molecular weight excluding hydrogens is 229 g/mol. The summed E-state index contributed by atoms with van der Waals surface area (Å²) in [5, 5.41) is 8.30. The highest BCUT2D eigenvalue weighted by atomic mass is 32.2. The molecule has 0 unspecified atom stereocenters. The lowest BCUT2D eigenvalue weighted by atomic mass is 10.3. The summed E-state index contributed by atoms with van der Waals surface area (Å²) in [6, 6.07) is 6.91. The van der Waals surface area contributed by atoms with Gasteiger partial charge in [-0.2, -0.15) is 5.26 Å². The summed E-state index contributed by atoms with van der Waals surface area (Å²) in [5.74, 6) is -0.601. The average Bonchev–Trinajstić information content (AvgIpc) is 2.24. The van der Waals surface area contributed by atoms with Gasteiger partial charge in [-0.25, -0.2) is 12.8 Å². The summed E-state index contributed by atoms with van der Waals surface area (Å²) in [7, 11) is -3.41. The minimum absolute atomic E-state index is 0.00413. The van der Waals surface area contributed by atoms with Crippen molar-refractivity contribution >= 4 is 9.84 Å². The fourth-order valence-corrected chi connectivity index (χ4v) is 2.67. The molecule has 1 aromatic rings. The number of hydrogen-bond acceptors (Lipinski definition) is 3. The van der Waals surface area contributed by atoms with Gasteiger partial charge in [-0.15, -0.1) is 0 Å². The van der Waals surface area contributed by atoms with Crippen LogP contribution in [-0.2, 0) is 9.84 Å². The molecule has 1 rings (SSSR count). The van der Waals surface area contributed by atoms with E-state index in [2.05, 4.69) is 0 Å². The monoisotopic (exact) mass is 241 g/mol. The summed E-state index contributed by atoms with van der Waals surface area (Å²) in [4.78, 5) is 0.00413. The third-order valence-electron chi connectivity index (χ3n) is 2.11. The number of nitriles is 1. The van der Waals surface area contributed by atoms with Crippen LogP contribution in [0.15, 0.2) is 29.2 Å². The van der Waals surface area contributed by atoms with Crippen LogP contribution >= 0.6 is 0 Å². The summed E-state index contributed by atoms with van der Waals surface area (Å²) in [6.07, 6.45) is 1.32. The Morgan fingerprint density at radius 1 is 1.31 bits per heavy atom. The number of sulfone groups is 1. The van der Waals surface area contributed by atoms with Gasteiger partial charge in [0.25, 0.3) is 0 Å². The van der Waals surface area contributed by atoms with Gasteiger partial charge in [0.1, 0.15) is 5.82 Å². The molecule has 0 saturated carbocycles. The molecule has 3 nitrogen and oxygen atoms in total. The SMILES string of the molecule is N#CCCCCS(=O)(=O)c1cccc(F)c1. The molecule has 0 spiro atoms. The van der Waals surface area contributed by atoms with E-state index in [4.69, 9.17) is 5.26 Å². The normalized spacial score (nSPS) is 11.0. The summed E-state index contributed by atoms with van der Waals surface area (Å²) >= 11 is 0. The van der Waals surface area contributed by atoms with Crippen molar-refractivity contribution in [3.63, 3.8) is 0 Å². The molecule has 0 saturated heterocycles. The lowest BCUT2D eigenvalue weighted by Crippen LogP contribution is -2.07. The minimum atomic E-state index is -3.41. The van der Waals surface area contributed by atoms with Gasteiger partial charge in [0.15, 0.2) is 9.84 Å². The Bertz CT molecular complexity index is 491. The van der Waals surface area contributed by atoms with Gasteiger partial charge in [0.2, 0.25) is 0 Å². The van der Waals surface area contributed by atoms with E-state index < -0.39 is 15.7 Å². The van der Waals surface area contributed by atoms with E-state index in [1.165, 1.54) is 18.2 Å². The predicted octanol–water partition coefficient (Wildman–Crippen LogP) is 2.29. The van der Waals surface area contributed by atoms with E-state index in [1.807, 2.05) is 6.07 Å². The van der Waals surface area contributed by atoms with Crippen LogP contribution in [-0.4, -0.2) is 14.2 Å². The van der Waals surface area contributed by atoms with Crippen molar-refractivity contribution in [2.24, 2.45) is 0 Å². The van der Waals surface area contributed by atoms with Crippen molar-refractivity contribution in [2.45, 2.75) is 24.2 Å². The first kappa shape index (κ1) is 12.7. The molecule has 86 valence electrons. The zero-order valence-corrected chi connectivity index (χ0v) is 9.50. The Balaban J connectivity index is 2.68. The van der Waals surface area contributed by atoms with Crippen LogP contribution in [0.5, 0.6) is 0 Å². The van der Waals surface area contributed by atoms with E-state index in [0.29, 0.717) is 19.3 Å². The van der Waals surface area contributed by atoms with Crippen molar-refractivity contribution in [1.82, 2.24) is 0 Å². The molecule has 0 amide bonds. The van der Waals surface area contributed by atoms with Crippen LogP contribution in [0.2, 0.25) is 0 Å². The van der Waals surface area contributed by atoms with Gasteiger partial charge >= 0.3 is 0 Å². The maximum absolute atomic E-state index is 12.8. The maximum atomic E-state index is 12.8. The molecule has 1 aromatic carbocycles. The lowest BCUT2D eigenvalue weighted by molar-refractivity contribution is 0.587. The first-order chi connectivity index (χ1) is 7.56. The summed E-state index contributed by atoms with van der Waals surface area (Å²) in [6.45, 7) is 0. The zero-order chi connectivity index (χ0) is 12.0. The zero-order valence-electron chi connectivity index (χ0n) is 8.69. The topological polar surface area (TPSA) is 57.9 Å². The van der Waals surface area contributed by atoms with Gasteiger partial charge in [0, 0.05) is 6.42 Å². The lowest BCUT2D eigenvalue weighted by Gasteiger charge is -2.03. The van der Waals surface area contributed by atoms with Crippen LogP contribution in [0.4, 0.5) is 4.39 Å². The van der Waals surface area contributed by atoms with Crippen LogP contribution in [0, 0.1) is 17.1 Å². The molecule has 0 atom stereocenters. The van der Waals surface area contributed by atoms with E-state index in [1.54, 1.807) is 0 Å². The van der Waals surface area contributed by atoms with Gasteiger partial charge < -0.3 is 0 Å². The maximum Gasteiger partial charge on any atom is 0.178 e. The van der Waals surface area contributed by atoms with Crippen LogP contribution < -0.4 is 0 Å². The standard InChI is InChI=1S/C11H12FNO2S/c12-10-5-4-6-11(9-10)16(14,15)8-3-1-2-7-13/h4-6,9H,1-3,8H2. The number of benzene rings is 1. The average molecular weight is 241 g/mol. The molecule has 0 fully saturated rings. The Morgan fingerprint density at radius 2 is 2.06 bits per heavy atom. The van der Waals surface area contributed by atoms with E-state index >= 15 is 0 Å². The van der Waals surface area contributed by atoms with Crippen molar-refractivity contribution < 1.29 is 12.8 Å². The van der Waals surface area contributed by atoms with Gasteiger partial charge in [-0.1, -0.05) is 6.07 Å². The van der Waals surface area contributed by atoms with Gasteiger partial charge in [-0.05, 0) is 31.0 Å². The molecule has 0 bridgehead atoms. The third-order valence-corrected chi connectivity index (χ3v) is 3.91. The highest BCUT2D eigenvalue weighted by molar-refractivity contribution is 7.91. The molecule has 0 N–H and O–H groups in total. The molecule has 16 heavy (non-hydrogen) atoms. The highest BCUT2D eigenvalue weighted by Crippen LogP contribution is 2.14. The Morgan fingerprint density at radius 3 is 2.69 bits per heavy atom. The molecule has 0 radical (unpaired) electrons. The van der Waals surface area contributed by atoms with E-state index in [-0.39, 0.29) is 10.6 Å². The molecule has 5 heteroatoms. The Labute approximate surface area is 94.4 Å². The second-order valence-corrected chi connectivity index (χ2v) is 5.50. The largest absolute Gasteiger partial charge is 0.224 e. The minimum Gasteiger partial charge on any atom is -0.224 e. The van der Waals surface area contributed by atoms with Gasteiger partial charge in [-0.3, -0.25) is 0 Å². The van der Waals surface area contributed by atoms with Gasteiger partial charge in [0.05, 0.1) is 16.7 Å². The number of nitrogens with zero attached hydrogens (tertiary/aromatic N) is 1. The fourth-order valence-electron chi connectivity index (χ4n) is 1.27. The summed E-state index contributed by atoms with van der Waals surface area (Å²) < 4.78 is 36.2. The molecule has 0 aliphatic heterocycles. The second-order valence-electron chi connectivity index (χ2n) is 3.39. The number of halogens is 1. The van der Waals surface area contributed by atoms with Crippen molar-refractivity contribution in [2.75, 3.05) is 5.75 Å². The van der Waals surface area contributed by atoms with Crippen molar-refractivity contribution in [3.8, 4) is 6.07 Å². The molecule has 0 aliphatic carbocycles. The molecular formula is C11H12FNO2S. The molecule has 0 aromatic heterocycles. The highest BCUT2D eigenvalue weighted by Gasteiger charge is 2.14. The Hall–Kier alpha value is -1.41. The van der Waals surface area contributed by atoms with Crippen LogP contribution in [0.25, 0.3) is 0 Å². The third kappa shape index (κ3) is 3.63.